The number of nitrogens with zero attached hydrogens (tertiary/aromatic N) is 5. The van der Waals surface area contributed by atoms with Crippen LogP contribution in [0.5, 0.6) is 0 Å². The maximum absolute atomic E-state index is 13.2. The molecule has 1 aromatic heterocycles. The van der Waals surface area contributed by atoms with Gasteiger partial charge in [-0.3, -0.25) is 19.1 Å². The maximum Gasteiger partial charge on any atom is 0.305 e. The summed E-state index contributed by atoms with van der Waals surface area (Å²) in [6.45, 7) is 1.76. The van der Waals surface area contributed by atoms with Crippen molar-refractivity contribution in [2.45, 2.75) is 18.6 Å². The van der Waals surface area contributed by atoms with Gasteiger partial charge in [-0.05, 0) is 24.6 Å². The molecule has 33 heavy (non-hydrogen) atoms. The first-order chi connectivity index (χ1) is 15.9. The number of para-hydroxylation sites is 1. The number of aliphatic imine (C=N–C) groups is 1. The Labute approximate surface area is 193 Å². The summed E-state index contributed by atoms with van der Waals surface area (Å²) in [6.07, 6.45) is 1.12. The van der Waals surface area contributed by atoms with E-state index in [1.165, 1.54) is 10.9 Å². The van der Waals surface area contributed by atoms with Crippen molar-refractivity contribution in [3.63, 3.8) is 0 Å². The lowest BCUT2D eigenvalue weighted by atomic mass is 10.2. The van der Waals surface area contributed by atoms with E-state index < -0.39 is 17.1 Å². The Hall–Kier alpha value is -3.92. The van der Waals surface area contributed by atoms with Crippen molar-refractivity contribution < 1.29 is 14.7 Å². The molecule has 1 aliphatic rings. The van der Waals surface area contributed by atoms with E-state index in [2.05, 4.69) is 10.1 Å². The third-order valence-electron chi connectivity index (χ3n) is 5.13. The molecule has 2 heterocycles. The van der Waals surface area contributed by atoms with Crippen LogP contribution in [0.3, 0.4) is 0 Å². The highest BCUT2D eigenvalue weighted by molar-refractivity contribution is 8.15. The molecule has 3 aromatic rings. The highest BCUT2D eigenvalue weighted by Crippen LogP contribution is 2.32. The number of rotatable bonds is 6. The molecule has 0 bridgehead atoms. The summed E-state index contributed by atoms with van der Waals surface area (Å²) in [6, 6.07) is 18.3. The number of thioether (sulfide) groups is 1. The maximum atomic E-state index is 13.2. The number of carbonyl (C=O) groups is 2. The predicted octanol–water partition coefficient (Wildman–Crippen LogP) is 2.92. The molecule has 2 aromatic carbocycles. The molecule has 4 rings (SSSR count). The average molecular weight is 464 g/mol. The second-order valence-corrected chi connectivity index (χ2v) is 8.48. The number of amides is 1. The molecule has 1 aliphatic heterocycles. The van der Waals surface area contributed by atoms with Gasteiger partial charge in [0.1, 0.15) is 5.25 Å². The molecule has 1 fully saturated rings. The third-order valence-corrected chi connectivity index (χ3v) is 6.25. The summed E-state index contributed by atoms with van der Waals surface area (Å²) >= 11 is 0.988. The van der Waals surface area contributed by atoms with Crippen LogP contribution in [0.4, 0.5) is 5.69 Å². The van der Waals surface area contributed by atoms with Crippen LogP contribution in [0.2, 0.25) is 0 Å². The van der Waals surface area contributed by atoms with Crippen molar-refractivity contribution in [3.05, 3.63) is 82.3 Å². The van der Waals surface area contributed by atoms with Gasteiger partial charge in [0.15, 0.2) is 10.9 Å². The number of aliphatic carboxylic acids is 1. The normalized spacial score (nSPS) is 17.4. The summed E-state index contributed by atoms with van der Waals surface area (Å²) in [5, 5.41) is 13.8. The SMILES string of the molecule is Cc1c(N=C2S[C@@H](CC(=O)O)C(=O)N2/N=C\c2ccccc2)c(=O)n(-c2ccccc2)n1C. The minimum absolute atomic E-state index is 0.157. The molecule has 0 spiro atoms. The average Bonchev–Trinajstić information content (AvgIpc) is 3.21. The van der Waals surface area contributed by atoms with Crippen molar-refractivity contribution in [1.29, 1.82) is 0 Å². The second kappa shape index (κ2) is 9.29. The zero-order valence-electron chi connectivity index (χ0n) is 18.0. The first-order valence-corrected chi connectivity index (χ1v) is 11.0. The molecule has 9 nitrogen and oxygen atoms in total. The number of hydrogen-bond donors (Lipinski definition) is 1. The second-order valence-electron chi connectivity index (χ2n) is 7.31. The van der Waals surface area contributed by atoms with Crippen molar-refractivity contribution in [2.24, 2.45) is 17.1 Å². The molecule has 1 saturated heterocycles. The molecule has 1 amide bonds. The van der Waals surface area contributed by atoms with E-state index in [1.54, 1.807) is 18.7 Å². The van der Waals surface area contributed by atoms with E-state index in [1.807, 2.05) is 60.7 Å². The minimum Gasteiger partial charge on any atom is -0.481 e. The zero-order valence-corrected chi connectivity index (χ0v) is 18.8. The van der Waals surface area contributed by atoms with E-state index in [4.69, 9.17) is 0 Å². The molecule has 0 aliphatic carbocycles. The van der Waals surface area contributed by atoms with Gasteiger partial charge in [-0.15, -0.1) is 0 Å². The van der Waals surface area contributed by atoms with Crippen LogP contribution in [0.1, 0.15) is 17.7 Å². The smallest absolute Gasteiger partial charge is 0.305 e. The summed E-state index contributed by atoms with van der Waals surface area (Å²) in [7, 11) is 1.75. The number of carboxylic acid groups (broad SMARTS) is 1. The van der Waals surface area contributed by atoms with E-state index in [-0.39, 0.29) is 22.8 Å². The van der Waals surface area contributed by atoms with Gasteiger partial charge >= 0.3 is 5.97 Å². The molecule has 1 atom stereocenters. The van der Waals surface area contributed by atoms with Gasteiger partial charge in [-0.1, -0.05) is 60.3 Å². The third kappa shape index (κ3) is 4.51. The Morgan fingerprint density at radius 2 is 1.73 bits per heavy atom. The van der Waals surface area contributed by atoms with Gasteiger partial charge in [0.25, 0.3) is 11.5 Å². The number of hydrazone groups is 1. The van der Waals surface area contributed by atoms with Crippen molar-refractivity contribution >= 4 is 40.7 Å². The van der Waals surface area contributed by atoms with Crippen LogP contribution in [-0.4, -0.2) is 48.0 Å². The fraction of sp³-hybridized carbons (Fsp3) is 0.174. The predicted molar refractivity (Wildman–Crippen MR) is 127 cm³/mol. The fourth-order valence-corrected chi connectivity index (χ4v) is 4.43. The topological polar surface area (TPSA) is 109 Å². The highest BCUT2D eigenvalue weighted by atomic mass is 32.2. The number of amidine groups is 1. The lowest BCUT2D eigenvalue weighted by Crippen LogP contribution is -2.28. The van der Waals surface area contributed by atoms with Gasteiger partial charge in [0.2, 0.25) is 0 Å². The lowest BCUT2D eigenvalue weighted by Gasteiger charge is -2.09. The Bertz CT molecular complexity index is 1310. The van der Waals surface area contributed by atoms with Crippen LogP contribution in [0.15, 0.2) is 75.6 Å². The number of carbonyl (C=O) groups excluding carboxylic acids is 1. The molecule has 10 heteroatoms. The minimum atomic E-state index is -1.10. The fourth-order valence-electron chi connectivity index (χ4n) is 3.37. The first-order valence-electron chi connectivity index (χ1n) is 10.1. The highest BCUT2D eigenvalue weighted by Gasteiger charge is 2.40. The van der Waals surface area contributed by atoms with Gasteiger partial charge in [0, 0.05) is 7.05 Å². The molecule has 0 saturated carbocycles. The number of carboxylic acids is 1. The molecule has 0 unspecified atom stereocenters. The Balaban J connectivity index is 1.77. The quantitative estimate of drug-likeness (QED) is 0.566. The van der Waals surface area contributed by atoms with Crippen molar-refractivity contribution in [1.82, 2.24) is 14.4 Å². The van der Waals surface area contributed by atoms with Crippen LogP contribution in [-0.2, 0) is 16.6 Å². The van der Waals surface area contributed by atoms with E-state index in [0.717, 1.165) is 22.3 Å². The van der Waals surface area contributed by atoms with Gasteiger partial charge < -0.3 is 5.11 Å². The molecular formula is C23H21N5O4S. The summed E-state index contributed by atoms with van der Waals surface area (Å²) in [4.78, 5) is 41.8. The molecule has 1 N–H and O–H groups in total. The number of aromatic nitrogens is 2. The standard InChI is InChI=1S/C23H21N5O4S/c1-15-20(22(32)28(26(15)2)17-11-7-4-8-12-17)25-23-27(21(31)18(33-23)13-19(29)30)24-14-16-9-5-3-6-10-16/h3-12,14,18H,13H2,1-2H3,(H,29,30)/b24-14-,25-23?/t18-/m0/s1. The Kier molecular flexibility index (Phi) is 6.27. The summed E-state index contributed by atoms with van der Waals surface area (Å²) in [5.41, 5.74) is 1.84. The summed E-state index contributed by atoms with van der Waals surface area (Å²) in [5.74, 6) is -1.60. The molecule has 0 radical (unpaired) electrons. The molecular weight excluding hydrogens is 442 g/mol. The van der Waals surface area contributed by atoms with Crippen LogP contribution < -0.4 is 5.56 Å². The van der Waals surface area contributed by atoms with Crippen molar-refractivity contribution in [3.8, 4) is 5.69 Å². The largest absolute Gasteiger partial charge is 0.481 e. The van der Waals surface area contributed by atoms with E-state index in [9.17, 15) is 19.5 Å². The van der Waals surface area contributed by atoms with Crippen LogP contribution in [0.25, 0.3) is 5.69 Å². The monoisotopic (exact) mass is 463 g/mol. The number of hydrogen-bond acceptors (Lipinski definition) is 6. The van der Waals surface area contributed by atoms with Gasteiger partial charge in [-0.2, -0.15) is 10.1 Å². The number of benzene rings is 2. The Morgan fingerprint density at radius 3 is 2.36 bits per heavy atom. The zero-order chi connectivity index (χ0) is 23.5. The Morgan fingerprint density at radius 1 is 1.09 bits per heavy atom. The van der Waals surface area contributed by atoms with Crippen molar-refractivity contribution in [2.75, 3.05) is 0 Å². The van der Waals surface area contributed by atoms with E-state index in [0.29, 0.717) is 11.4 Å². The van der Waals surface area contributed by atoms with Crippen LogP contribution >= 0.6 is 11.8 Å². The van der Waals surface area contributed by atoms with Gasteiger partial charge in [-0.25, -0.2) is 9.67 Å². The van der Waals surface area contributed by atoms with Crippen LogP contribution in [0, 0.1) is 6.92 Å². The van der Waals surface area contributed by atoms with Gasteiger partial charge in [0.05, 0.1) is 24.0 Å². The van der Waals surface area contributed by atoms with E-state index >= 15 is 0 Å². The molecule has 168 valence electrons. The first kappa shape index (κ1) is 22.3. The summed E-state index contributed by atoms with van der Waals surface area (Å²) < 4.78 is 3.17. The lowest BCUT2D eigenvalue weighted by molar-refractivity contribution is -0.139.